The number of methoxy groups -OCH3 is 1. The number of benzene rings is 2. The van der Waals surface area contributed by atoms with Gasteiger partial charge in [-0.2, -0.15) is 5.01 Å². The molecule has 0 unspecified atom stereocenters. The predicted octanol–water partition coefficient (Wildman–Crippen LogP) is 3.62. The lowest BCUT2D eigenvalue weighted by Gasteiger charge is -2.30. The molecule has 2 bridgehead atoms. The van der Waals surface area contributed by atoms with Crippen molar-refractivity contribution in [3.05, 3.63) is 69.8 Å². The van der Waals surface area contributed by atoms with Crippen LogP contribution in [0, 0.1) is 33.8 Å². The summed E-state index contributed by atoms with van der Waals surface area (Å²) in [5, 5.41) is 12.7. The van der Waals surface area contributed by atoms with Crippen LogP contribution in [0.25, 0.3) is 0 Å². The monoisotopic (exact) mass is 633 g/mol. The molecule has 37 heavy (non-hydrogen) atoms. The zero-order valence-electron chi connectivity index (χ0n) is 19.5. The van der Waals surface area contributed by atoms with Gasteiger partial charge in [0.05, 0.1) is 23.9 Å². The number of nitro groups is 1. The van der Waals surface area contributed by atoms with Crippen LogP contribution in [0.4, 0.5) is 5.69 Å². The SMILES string of the molecule is COc1cccc(C(=O)CN(C(=O)c2ccc([N+](=O)[O-])cc2)N2C(=O)[C@@H]3[C@H]4C[C@@H]([C@H](Br)[C@@H]4Br)[C@@H]3C2=O)c1. The maximum atomic E-state index is 13.6. The third-order valence-corrected chi connectivity index (χ3v) is 10.7. The van der Waals surface area contributed by atoms with Gasteiger partial charge in [-0.15, -0.1) is 0 Å². The number of hydrogen-bond donors (Lipinski definition) is 0. The van der Waals surface area contributed by atoms with E-state index in [4.69, 9.17) is 4.74 Å². The Labute approximate surface area is 228 Å². The van der Waals surface area contributed by atoms with Gasteiger partial charge in [0.2, 0.25) is 0 Å². The number of imide groups is 1. The van der Waals surface area contributed by atoms with Gasteiger partial charge in [0, 0.05) is 32.9 Å². The van der Waals surface area contributed by atoms with Crippen molar-refractivity contribution in [3.8, 4) is 5.75 Å². The number of nitrogens with zero attached hydrogens (tertiary/aromatic N) is 3. The highest BCUT2D eigenvalue weighted by atomic mass is 79.9. The number of halogens is 2. The number of non-ortho nitro benzene ring substituents is 1. The van der Waals surface area contributed by atoms with Crippen molar-refractivity contribution in [3.63, 3.8) is 0 Å². The second-order valence-electron chi connectivity index (χ2n) is 9.31. The largest absolute Gasteiger partial charge is 0.497 e. The van der Waals surface area contributed by atoms with Gasteiger partial charge in [0.15, 0.2) is 5.78 Å². The van der Waals surface area contributed by atoms with E-state index in [0.29, 0.717) is 12.2 Å². The number of ether oxygens (including phenoxy) is 1. The van der Waals surface area contributed by atoms with Crippen molar-refractivity contribution in [2.45, 2.75) is 16.1 Å². The van der Waals surface area contributed by atoms with E-state index in [9.17, 15) is 29.3 Å². The van der Waals surface area contributed by atoms with Crippen LogP contribution in [-0.4, -0.2) is 61.8 Å². The molecular weight excluding hydrogens is 614 g/mol. The summed E-state index contributed by atoms with van der Waals surface area (Å²) in [5.74, 6) is -3.22. The average Bonchev–Trinajstić information content (AvgIpc) is 3.51. The first kappa shape index (κ1) is 25.5. The van der Waals surface area contributed by atoms with Crippen LogP contribution < -0.4 is 4.74 Å². The minimum absolute atomic E-state index is 0.00131. The van der Waals surface area contributed by atoms with Gasteiger partial charge in [-0.1, -0.05) is 44.0 Å². The Balaban J connectivity index is 1.50. The van der Waals surface area contributed by atoms with Crippen molar-refractivity contribution >= 4 is 61.1 Å². The number of carbonyl (C=O) groups is 4. The standard InChI is InChI=1S/C25H21Br2N3O7/c1-37-15-4-2-3-13(9-15)18(31)11-28(23(32)12-5-7-14(8-6-12)30(35)36)29-24(33)19-16-10-17(20(19)25(29)34)22(27)21(16)26/h2-9,16-17,19-22H,10-11H2,1H3/t16-,17-,19-,20+,21-,22+/m1/s1. The molecule has 2 saturated carbocycles. The molecule has 12 heteroatoms. The molecule has 1 saturated heterocycles. The number of rotatable bonds is 7. The minimum Gasteiger partial charge on any atom is -0.497 e. The second-order valence-corrected chi connectivity index (χ2v) is 11.4. The molecule has 10 nitrogen and oxygen atoms in total. The Morgan fingerprint density at radius 2 is 1.62 bits per heavy atom. The quantitative estimate of drug-likeness (QED) is 0.150. The Bertz CT molecular complexity index is 1290. The van der Waals surface area contributed by atoms with Gasteiger partial charge >= 0.3 is 0 Å². The van der Waals surface area contributed by atoms with E-state index in [1.54, 1.807) is 18.2 Å². The van der Waals surface area contributed by atoms with Crippen LogP contribution in [0.3, 0.4) is 0 Å². The molecule has 5 rings (SSSR count). The molecule has 1 aliphatic heterocycles. The highest BCUT2D eigenvalue weighted by Gasteiger charge is 2.67. The number of alkyl halides is 2. The molecule has 2 aromatic rings. The van der Waals surface area contributed by atoms with E-state index in [1.807, 2.05) is 0 Å². The van der Waals surface area contributed by atoms with E-state index in [-0.39, 0.29) is 38.3 Å². The number of hydrogen-bond acceptors (Lipinski definition) is 7. The van der Waals surface area contributed by atoms with Crippen molar-refractivity contribution in [2.24, 2.45) is 23.7 Å². The van der Waals surface area contributed by atoms with Crippen LogP contribution >= 0.6 is 31.9 Å². The summed E-state index contributed by atoms with van der Waals surface area (Å²) in [5.41, 5.74) is 0.0179. The van der Waals surface area contributed by atoms with Crippen molar-refractivity contribution < 1.29 is 28.8 Å². The van der Waals surface area contributed by atoms with Gasteiger partial charge in [0.25, 0.3) is 23.4 Å². The van der Waals surface area contributed by atoms with Crippen LogP contribution in [-0.2, 0) is 9.59 Å². The van der Waals surface area contributed by atoms with Crippen LogP contribution in [0.1, 0.15) is 27.1 Å². The Kier molecular flexibility index (Phi) is 6.65. The number of carbonyl (C=O) groups excluding carboxylic acids is 4. The Morgan fingerprint density at radius 1 is 1.03 bits per heavy atom. The summed E-state index contributed by atoms with van der Waals surface area (Å²) in [7, 11) is 1.46. The molecule has 192 valence electrons. The normalized spacial score (nSPS) is 27.8. The number of Topliss-reactive ketones (excluding diaryl/α,β-unsaturated/α-hetero) is 1. The Morgan fingerprint density at radius 3 is 2.16 bits per heavy atom. The topological polar surface area (TPSA) is 127 Å². The summed E-state index contributed by atoms with van der Waals surface area (Å²) >= 11 is 7.28. The molecule has 2 aliphatic carbocycles. The fourth-order valence-corrected chi connectivity index (χ4v) is 7.58. The summed E-state index contributed by atoms with van der Waals surface area (Å²) < 4.78 is 5.18. The first-order valence-electron chi connectivity index (χ1n) is 11.5. The molecule has 3 amide bonds. The molecule has 0 N–H and O–H groups in total. The van der Waals surface area contributed by atoms with Gasteiger partial charge in [-0.05, 0) is 42.5 Å². The first-order chi connectivity index (χ1) is 17.6. The number of fused-ring (bicyclic) bond motifs is 5. The van der Waals surface area contributed by atoms with E-state index in [0.717, 1.165) is 22.2 Å². The van der Waals surface area contributed by atoms with Gasteiger partial charge in [0.1, 0.15) is 12.3 Å². The Hall–Kier alpha value is -3.12. The molecule has 2 aromatic carbocycles. The van der Waals surface area contributed by atoms with Gasteiger partial charge in [-0.3, -0.25) is 29.3 Å². The van der Waals surface area contributed by atoms with E-state index >= 15 is 0 Å². The van der Waals surface area contributed by atoms with Gasteiger partial charge < -0.3 is 4.74 Å². The van der Waals surface area contributed by atoms with Crippen LogP contribution in [0.5, 0.6) is 5.75 Å². The molecule has 3 fully saturated rings. The van der Waals surface area contributed by atoms with E-state index in [1.165, 1.54) is 25.3 Å². The number of hydrazine groups is 1. The molecule has 0 aromatic heterocycles. The van der Waals surface area contributed by atoms with Crippen molar-refractivity contribution in [2.75, 3.05) is 13.7 Å². The van der Waals surface area contributed by atoms with Crippen molar-refractivity contribution in [1.82, 2.24) is 10.0 Å². The summed E-state index contributed by atoms with van der Waals surface area (Å²) in [4.78, 5) is 64.6. The summed E-state index contributed by atoms with van der Waals surface area (Å²) in [6, 6.07) is 11.1. The smallest absolute Gasteiger partial charge is 0.273 e. The number of amides is 3. The molecular formula is C25H21Br2N3O7. The fraction of sp³-hybridized carbons (Fsp3) is 0.360. The summed E-state index contributed by atoms with van der Waals surface area (Å²) in [6.45, 7) is -0.579. The highest BCUT2D eigenvalue weighted by Crippen LogP contribution is 2.60. The summed E-state index contributed by atoms with van der Waals surface area (Å²) in [6.07, 6.45) is 0.714. The highest BCUT2D eigenvalue weighted by molar-refractivity contribution is 9.12. The second kappa shape index (κ2) is 9.64. The zero-order chi connectivity index (χ0) is 26.6. The third-order valence-electron chi connectivity index (χ3n) is 7.45. The van der Waals surface area contributed by atoms with Gasteiger partial charge in [-0.25, -0.2) is 5.01 Å². The molecule has 3 aliphatic rings. The lowest BCUT2D eigenvalue weighted by molar-refractivity contribution is -0.384. The first-order valence-corrected chi connectivity index (χ1v) is 13.4. The maximum absolute atomic E-state index is 13.6. The molecule has 0 radical (unpaired) electrons. The van der Waals surface area contributed by atoms with Crippen molar-refractivity contribution in [1.29, 1.82) is 0 Å². The zero-order valence-corrected chi connectivity index (χ0v) is 22.6. The fourth-order valence-electron chi connectivity index (χ4n) is 5.70. The van der Waals surface area contributed by atoms with E-state index in [2.05, 4.69) is 31.9 Å². The minimum atomic E-state index is -0.786. The average molecular weight is 635 g/mol. The number of ketones is 1. The van der Waals surface area contributed by atoms with E-state index < -0.39 is 46.8 Å². The maximum Gasteiger partial charge on any atom is 0.273 e. The lowest BCUT2D eigenvalue weighted by Crippen LogP contribution is -2.52. The molecule has 6 atom stereocenters. The van der Waals surface area contributed by atoms with Crippen LogP contribution in [0.15, 0.2) is 48.5 Å². The molecule has 0 spiro atoms. The molecule has 1 heterocycles. The predicted molar refractivity (Wildman–Crippen MR) is 137 cm³/mol. The third kappa shape index (κ3) is 4.15. The number of nitro benzene ring substituents is 1. The lowest BCUT2D eigenvalue weighted by atomic mass is 9.81. The van der Waals surface area contributed by atoms with Crippen LogP contribution in [0.2, 0.25) is 0 Å².